The number of aromatic nitrogens is 2. The van der Waals surface area contributed by atoms with Crippen LogP contribution in [0.2, 0.25) is 0 Å². The van der Waals surface area contributed by atoms with Crippen molar-refractivity contribution in [1.29, 1.82) is 0 Å². The predicted octanol–water partition coefficient (Wildman–Crippen LogP) is 3.12. The number of hydrogen-bond donors (Lipinski definition) is 1. The quantitative estimate of drug-likeness (QED) is 0.820. The molecule has 0 aliphatic carbocycles. The van der Waals surface area contributed by atoms with Gasteiger partial charge in [0.2, 0.25) is 0 Å². The molecule has 1 N–H and O–H groups in total. The molecule has 1 aromatic heterocycles. The third kappa shape index (κ3) is 3.67. The Bertz CT molecular complexity index is 563. The van der Waals surface area contributed by atoms with Gasteiger partial charge in [0, 0.05) is 17.8 Å². The van der Waals surface area contributed by atoms with Crippen LogP contribution in [-0.4, -0.2) is 42.1 Å². The van der Waals surface area contributed by atoms with Gasteiger partial charge in [0.15, 0.2) is 0 Å². The number of hydrogen-bond acceptors (Lipinski definition) is 4. The highest BCUT2D eigenvalue weighted by Gasteiger charge is 2.09. The van der Waals surface area contributed by atoms with Crippen molar-refractivity contribution in [1.82, 2.24) is 14.9 Å². The van der Waals surface area contributed by atoms with Crippen LogP contribution in [0, 0.1) is 0 Å². The van der Waals surface area contributed by atoms with Crippen LogP contribution in [0.5, 0.6) is 0 Å². The van der Waals surface area contributed by atoms with Gasteiger partial charge < -0.3 is 10.2 Å². The minimum Gasteiger partial charge on any atom is -0.369 e. The molecule has 0 amide bonds. The van der Waals surface area contributed by atoms with Gasteiger partial charge in [0.25, 0.3) is 0 Å². The van der Waals surface area contributed by atoms with Gasteiger partial charge >= 0.3 is 0 Å². The number of fused-ring (bicyclic) bond motifs is 1. The lowest BCUT2D eigenvalue weighted by Crippen LogP contribution is -2.17. The van der Waals surface area contributed by atoms with Crippen LogP contribution in [0.4, 0.5) is 5.82 Å². The molecule has 0 saturated carbocycles. The monoisotopic (exact) mass is 272 g/mol. The minimum atomic E-state index is 0.335. The Balaban J connectivity index is 2.21. The first kappa shape index (κ1) is 14.7. The van der Waals surface area contributed by atoms with Crippen molar-refractivity contribution in [2.75, 3.05) is 32.5 Å². The van der Waals surface area contributed by atoms with Gasteiger partial charge in [-0.05, 0) is 39.2 Å². The standard InChI is InChI=1S/C16H24N4/c1-12(2)15-18-14-9-6-5-8-13(14)16(19-15)17-10-7-11-20(3)4/h5-6,8-9,12H,7,10-11H2,1-4H3,(H,17,18,19). The summed E-state index contributed by atoms with van der Waals surface area (Å²) < 4.78 is 0. The summed E-state index contributed by atoms with van der Waals surface area (Å²) in [6, 6.07) is 8.18. The number of rotatable bonds is 6. The molecule has 1 heterocycles. The van der Waals surface area contributed by atoms with Crippen LogP contribution in [0.1, 0.15) is 32.0 Å². The highest BCUT2D eigenvalue weighted by molar-refractivity contribution is 5.89. The topological polar surface area (TPSA) is 41.1 Å². The second-order valence-electron chi connectivity index (χ2n) is 5.69. The van der Waals surface area contributed by atoms with Crippen molar-refractivity contribution in [2.24, 2.45) is 0 Å². The van der Waals surface area contributed by atoms with Gasteiger partial charge in [-0.25, -0.2) is 9.97 Å². The van der Waals surface area contributed by atoms with Crippen molar-refractivity contribution in [3.63, 3.8) is 0 Å². The van der Waals surface area contributed by atoms with E-state index in [4.69, 9.17) is 0 Å². The fraction of sp³-hybridized carbons (Fsp3) is 0.500. The van der Waals surface area contributed by atoms with Gasteiger partial charge in [-0.15, -0.1) is 0 Å². The van der Waals surface area contributed by atoms with E-state index < -0.39 is 0 Å². The van der Waals surface area contributed by atoms with Gasteiger partial charge in [0.05, 0.1) is 5.52 Å². The molecule has 0 radical (unpaired) electrons. The summed E-state index contributed by atoms with van der Waals surface area (Å²) in [5.41, 5.74) is 1.02. The molecular weight excluding hydrogens is 248 g/mol. The summed E-state index contributed by atoms with van der Waals surface area (Å²) in [5, 5.41) is 4.56. The van der Waals surface area contributed by atoms with E-state index in [2.05, 4.69) is 54.2 Å². The van der Waals surface area contributed by atoms with Gasteiger partial charge in [-0.2, -0.15) is 0 Å². The number of para-hydroxylation sites is 1. The van der Waals surface area contributed by atoms with E-state index in [0.29, 0.717) is 5.92 Å². The van der Waals surface area contributed by atoms with E-state index in [9.17, 15) is 0 Å². The molecule has 0 atom stereocenters. The molecule has 0 aliphatic rings. The lowest BCUT2D eigenvalue weighted by atomic mass is 10.1. The molecule has 2 aromatic rings. The number of benzene rings is 1. The summed E-state index contributed by atoms with van der Waals surface area (Å²) in [5.74, 6) is 2.19. The zero-order valence-electron chi connectivity index (χ0n) is 12.8. The highest BCUT2D eigenvalue weighted by Crippen LogP contribution is 2.22. The van der Waals surface area contributed by atoms with E-state index in [1.54, 1.807) is 0 Å². The summed E-state index contributed by atoms with van der Waals surface area (Å²) >= 11 is 0. The maximum atomic E-state index is 4.68. The Labute approximate surface area is 121 Å². The molecule has 4 nitrogen and oxygen atoms in total. The van der Waals surface area contributed by atoms with Crippen molar-refractivity contribution in [2.45, 2.75) is 26.2 Å². The molecule has 0 bridgehead atoms. The van der Waals surface area contributed by atoms with E-state index >= 15 is 0 Å². The summed E-state index contributed by atoms with van der Waals surface area (Å²) in [7, 11) is 4.19. The maximum absolute atomic E-state index is 4.68. The molecule has 0 saturated heterocycles. The summed E-state index contributed by atoms with van der Waals surface area (Å²) in [6.07, 6.45) is 1.10. The van der Waals surface area contributed by atoms with Crippen molar-refractivity contribution in [3.05, 3.63) is 30.1 Å². The number of nitrogens with zero attached hydrogens (tertiary/aromatic N) is 3. The first-order valence-corrected chi connectivity index (χ1v) is 7.23. The molecule has 20 heavy (non-hydrogen) atoms. The third-order valence-corrected chi connectivity index (χ3v) is 3.21. The largest absolute Gasteiger partial charge is 0.369 e. The average molecular weight is 272 g/mol. The first-order valence-electron chi connectivity index (χ1n) is 7.23. The lowest BCUT2D eigenvalue weighted by molar-refractivity contribution is 0.405. The van der Waals surface area contributed by atoms with E-state index in [1.165, 1.54) is 0 Å². The lowest BCUT2D eigenvalue weighted by Gasteiger charge is -2.13. The van der Waals surface area contributed by atoms with E-state index in [-0.39, 0.29) is 0 Å². The second-order valence-corrected chi connectivity index (χ2v) is 5.69. The molecule has 1 aromatic carbocycles. The number of anilines is 1. The fourth-order valence-electron chi connectivity index (χ4n) is 2.09. The molecule has 0 unspecified atom stereocenters. The molecule has 4 heteroatoms. The summed E-state index contributed by atoms with van der Waals surface area (Å²) in [4.78, 5) is 11.5. The Morgan fingerprint density at radius 3 is 2.60 bits per heavy atom. The van der Waals surface area contributed by atoms with Crippen LogP contribution in [0.25, 0.3) is 10.9 Å². The average Bonchev–Trinajstić information content (AvgIpc) is 2.42. The molecule has 108 valence electrons. The number of nitrogens with one attached hydrogen (secondary N) is 1. The second kappa shape index (κ2) is 6.66. The zero-order chi connectivity index (χ0) is 14.5. The van der Waals surface area contributed by atoms with Crippen LogP contribution < -0.4 is 5.32 Å². The van der Waals surface area contributed by atoms with Crippen LogP contribution >= 0.6 is 0 Å². The normalized spacial score (nSPS) is 11.5. The van der Waals surface area contributed by atoms with E-state index in [1.807, 2.05) is 18.2 Å². The zero-order valence-corrected chi connectivity index (χ0v) is 12.8. The van der Waals surface area contributed by atoms with Crippen molar-refractivity contribution >= 4 is 16.7 Å². The Morgan fingerprint density at radius 1 is 1.15 bits per heavy atom. The molecular formula is C16H24N4. The Hall–Kier alpha value is -1.68. The van der Waals surface area contributed by atoms with E-state index in [0.717, 1.165) is 42.1 Å². The molecule has 0 spiro atoms. The molecule has 2 rings (SSSR count). The minimum absolute atomic E-state index is 0.335. The SMILES string of the molecule is CC(C)c1nc(NCCCN(C)C)c2ccccc2n1. The fourth-order valence-corrected chi connectivity index (χ4v) is 2.09. The summed E-state index contributed by atoms with van der Waals surface area (Å²) in [6.45, 7) is 6.25. The van der Waals surface area contributed by atoms with Gasteiger partial charge in [-0.1, -0.05) is 26.0 Å². The Morgan fingerprint density at radius 2 is 1.90 bits per heavy atom. The predicted molar refractivity (Wildman–Crippen MR) is 85.3 cm³/mol. The van der Waals surface area contributed by atoms with Crippen LogP contribution in [0.15, 0.2) is 24.3 Å². The van der Waals surface area contributed by atoms with Crippen LogP contribution in [0.3, 0.4) is 0 Å². The molecule has 0 aliphatic heterocycles. The highest BCUT2D eigenvalue weighted by atomic mass is 15.1. The smallest absolute Gasteiger partial charge is 0.137 e. The first-order chi connectivity index (χ1) is 9.58. The Kier molecular flexibility index (Phi) is 4.90. The van der Waals surface area contributed by atoms with Crippen LogP contribution in [-0.2, 0) is 0 Å². The van der Waals surface area contributed by atoms with Gasteiger partial charge in [0.1, 0.15) is 11.6 Å². The third-order valence-electron chi connectivity index (χ3n) is 3.21. The van der Waals surface area contributed by atoms with Crippen molar-refractivity contribution in [3.8, 4) is 0 Å². The van der Waals surface area contributed by atoms with Gasteiger partial charge in [-0.3, -0.25) is 0 Å². The van der Waals surface area contributed by atoms with Crippen molar-refractivity contribution < 1.29 is 0 Å². The maximum Gasteiger partial charge on any atom is 0.137 e. The molecule has 0 fully saturated rings.